The summed E-state index contributed by atoms with van der Waals surface area (Å²) < 4.78 is 128. The number of hydrogen-bond acceptors (Lipinski definition) is 3. The second-order valence-electron chi connectivity index (χ2n) is 9.26. The fourth-order valence-corrected chi connectivity index (χ4v) is 4.40. The Morgan fingerprint density at radius 2 is 1.66 bits per heavy atom. The van der Waals surface area contributed by atoms with Gasteiger partial charge in [-0.3, -0.25) is 4.98 Å². The van der Waals surface area contributed by atoms with Crippen LogP contribution in [0.1, 0.15) is 16.8 Å². The summed E-state index contributed by atoms with van der Waals surface area (Å²) in [6.07, 6.45) is -8.60. The van der Waals surface area contributed by atoms with Crippen molar-refractivity contribution in [1.82, 2.24) is 15.2 Å². The minimum atomic E-state index is -5.04. The SMILES string of the molecule is O=C(N[C@@](Cc1ccccc1)(c1cc(F)cc(OC(F)(F)C(F)F)c1)c1ccc(Cl)cn1)N1CC(F)(F)C(F)(F)C1. The first-order valence-electron chi connectivity index (χ1n) is 11.7. The van der Waals surface area contributed by atoms with Crippen molar-refractivity contribution in [2.75, 3.05) is 13.1 Å². The van der Waals surface area contributed by atoms with E-state index >= 15 is 0 Å². The van der Waals surface area contributed by atoms with Crippen molar-refractivity contribution in [1.29, 1.82) is 0 Å². The number of nitrogens with one attached hydrogen (secondary N) is 1. The summed E-state index contributed by atoms with van der Waals surface area (Å²) >= 11 is 5.93. The smallest absolute Gasteiger partial charge is 0.428 e. The minimum Gasteiger partial charge on any atom is -0.428 e. The molecule has 5 nitrogen and oxygen atoms in total. The number of carbonyl (C=O) groups is 1. The fourth-order valence-electron chi connectivity index (χ4n) is 4.29. The number of alkyl halides is 8. The molecule has 1 aliphatic heterocycles. The molecule has 0 unspecified atom stereocenters. The summed E-state index contributed by atoms with van der Waals surface area (Å²) in [6, 6.07) is 10.7. The zero-order valence-corrected chi connectivity index (χ0v) is 21.3. The Morgan fingerprint density at radius 3 is 2.22 bits per heavy atom. The van der Waals surface area contributed by atoms with Gasteiger partial charge in [0.25, 0.3) is 0 Å². The molecule has 2 aromatic carbocycles. The highest BCUT2D eigenvalue weighted by atomic mass is 35.5. The Morgan fingerprint density at radius 1 is 1.02 bits per heavy atom. The van der Waals surface area contributed by atoms with Crippen LogP contribution >= 0.6 is 11.6 Å². The standard InChI is InChI=1S/C26H19ClF9N3O2/c27-17-6-7-20(37-12-17)23(11-15-4-2-1-3-5-15,38-22(40)39-13-24(31,32)25(33,34)14-39)16-8-18(28)10-19(9-16)41-26(35,36)21(29)30/h1-10,12,21H,11,13-14H2,(H,38,40)/t23-/m0/s1. The molecule has 1 aliphatic rings. The molecular formula is C26H19ClF9N3O2. The fraction of sp³-hybridized carbons (Fsp3) is 0.308. The third-order valence-corrected chi connectivity index (χ3v) is 6.49. The molecule has 4 rings (SSSR count). The Labute approximate surface area is 231 Å². The number of amides is 2. The predicted molar refractivity (Wildman–Crippen MR) is 128 cm³/mol. The number of ether oxygens (including phenoxy) is 1. The molecule has 1 aromatic heterocycles. The van der Waals surface area contributed by atoms with Gasteiger partial charge < -0.3 is 15.0 Å². The molecular weight excluding hydrogens is 593 g/mol. The normalized spacial score (nSPS) is 17.8. The molecule has 1 saturated heterocycles. The molecule has 0 spiro atoms. The van der Waals surface area contributed by atoms with Crippen LogP contribution in [0.15, 0.2) is 66.9 Å². The highest BCUT2D eigenvalue weighted by Crippen LogP contribution is 2.42. The zero-order chi connectivity index (χ0) is 30.2. The van der Waals surface area contributed by atoms with Crippen molar-refractivity contribution in [3.05, 3.63) is 94.5 Å². The first-order valence-corrected chi connectivity index (χ1v) is 12.1. The molecule has 1 fully saturated rings. The van der Waals surface area contributed by atoms with Crippen molar-refractivity contribution < 1.29 is 49.0 Å². The maximum atomic E-state index is 14.8. The number of benzene rings is 2. The maximum absolute atomic E-state index is 14.8. The molecule has 0 bridgehead atoms. The first kappa shape index (κ1) is 30.3. The van der Waals surface area contributed by atoms with Crippen LogP contribution in [0.5, 0.6) is 5.75 Å². The van der Waals surface area contributed by atoms with E-state index in [1.54, 1.807) is 18.2 Å². The molecule has 15 heteroatoms. The lowest BCUT2D eigenvalue weighted by molar-refractivity contribution is -0.253. The number of hydrogen-bond donors (Lipinski definition) is 1. The number of aromatic nitrogens is 1. The highest BCUT2D eigenvalue weighted by molar-refractivity contribution is 6.30. The molecule has 2 heterocycles. The molecule has 0 radical (unpaired) electrons. The maximum Gasteiger partial charge on any atom is 0.461 e. The number of nitrogens with zero attached hydrogens (tertiary/aromatic N) is 2. The van der Waals surface area contributed by atoms with Crippen molar-refractivity contribution in [3.8, 4) is 5.75 Å². The molecule has 220 valence electrons. The summed E-state index contributed by atoms with van der Waals surface area (Å²) in [6.45, 7) is -3.33. The largest absolute Gasteiger partial charge is 0.461 e. The molecule has 2 amide bonds. The van der Waals surface area contributed by atoms with Crippen molar-refractivity contribution >= 4 is 17.6 Å². The lowest BCUT2D eigenvalue weighted by atomic mass is 9.80. The van der Waals surface area contributed by atoms with E-state index in [9.17, 15) is 44.3 Å². The quantitative estimate of drug-likeness (QED) is 0.282. The van der Waals surface area contributed by atoms with E-state index in [1.165, 1.54) is 24.3 Å². The second-order valence-corrected chi connectivity index (χ2v) is 9.70. The average molecular weight is 612 g/mol. The summed E-state index contributed by atoms with van der Waals surface area (Å²) in [5.74, 6) is -11.5. The number of carbonyl (C=O) groups excluding carboxylic acids is 1. The Hall–Kier alpha value is -3.68. The monoisotopic (exact) mass is 611 g/mol. The van der Waals surface area contributed by atoms with Gasteiger partial charge in [-0.25, -0.2) is 9.18 Å². The van der Waals surface area contributed by atoms with Crippen LogP contribution in [0.4, 0.5) is 44.3 Å². The van der Waals surface area contributed by atoms with Crippen LogP contribution in [0, 0.1) is 5.82 Å². The molecule has 1 atom stereocenters. The second kappa shape index (κ2) is 11.0. The van der Waals surface area contributed by atoms with Crippen molar-refractivity contribution in [2.24, 2.45) is 0 Å². The average Bonchev–Trinajstić information content (AvgIpc) is 3.10. The summed E-state index contributed by atoms with van der Waals surface area (Å²) in [7, 11) is 0. The number of rotatable bonds is 8. The van der Waals surface area contributed by atoms with Crippen molar-refractivity contribution in [2.45, 2.75) is 36.3 Å². The van der Waals surface area contributed by atoms with Crippen LogP contribution in [0.2, 0.25) is 5.02 Å². The van der Waals surface area contributed by atoms with Gasteiger partial charge in [-0.15, -0.1) is 0 Å². The molecule has 1 N–H and O–H groups in total. The lowest BCUT2D eigenvalue weighted by Gasteiger charge is -2.37. The van der Waals surface area contributed by atoms with Crippen LogP contribution in [0.25, 0.3) is 0 Å². The van der Waals surface area contributed by atoms with Gasteiger partial charge in [0.15, 0.2) is 0 Å². The Balaban J connectivity index is 1.90. The molecule has 41 heavy (non-hydrogen) atoms. The van der Waals surface area contributed by atoms with Gasteiger partial charge in [-0.2, -0.15) is 35.1 Å². The molecule has 3 aromatic rings. The van der Waals surface area contributed by atoms with Gasteiger partial charge in [0, 0.05) is 18.7 Å². The van der Waals surface area contributed by atoms with E-state index in [1.807, 2.05) is 0 Å². The Kier molecular flexibility index (Phi) is 8.09. The first-order chi connectivity index (χ1) is 19.0. The third kappa shape index (κ3) is 6.31. The topological polar surface area (TPSA) is 54.5 Å². The molecule has 0 aliphatic carbocycles. The number of likely N-dealkylation sites (tertiary alicyclic amines) is 1. The van der Waals surface area contributed by atoms with E-state index in [0.29, 0.717) is 17.7 Å². The van der Waals surface area contributed by atoms with Gasteiger partial charge in [0.1, 0.15) is 17.1 Å². The predicted octanol–water partition coefficient (Wildman–Crippen LogP) is 6.89. The van der Waals surface area contributed by atoms with Crippen LogP contribution in [-0.2, 0) is 12.0 Å². The van der Waals surface area contributed by atoms with E-state index in [2.05, 4.69) is 15.0 Å². The van der Waals surface area contributed by atoms with Gasteiger partial charge in [-0.1, -0.05) is 41.9 Å². The summed E-state index contributed by atoms with van der Waals surface area (Å²) in [5, 5.41) is 2.44. The van der Waals surface area contributed by atoms with Crippen LogP contribution < -0.4 is 10.1 Å². The van der Waals surface area contributed by atoms with Gasteiger partial charge in [0.05, 0.1) is 23.8 Å². The summed E-state index contributed by atoms with van der Waals surface area (Å²) in [4.78, 5) is 17.5. The van der Waals surface area contributed by atoms with E-state index in [0.717, 1.165) is 12.3 Å². The molecule has 0 saturated carbocycles. The Bertz CT molecular complexity index is 1380. The highest BCUT2D eigenvalue weighted by Gasteiger charge is 2.64. The van der Waals surface area contributed by atoms with Gasteiger partial charge in [0.2, 0.25) is 0 Å². The van der Waals surface area contributed by atoms with E-state index in [-0.39, 0.29) is 22.0 Å². The number of halogens is 10. The van der Waals surface area contributed by atoms with Crippen molar-refractivity contribution in [3.63, 3.8) is 0 Å². The van der Waals surface area contributed by atoms with Crippen LogP contribution in [0.3, 0.4) is 0 Å². The van der Waals surface area contributed by atoms with Gasteiger partial charge in [-0.05, 0) is 35.4 Å². The van der Waals surface area contributed by atoms with Gasteiger partial charge >= 0.3 is 30.4 Å². The number of pyridine rings is 1. The van der Waals surface area contributed by atoms with E-state index < -0.39 is 66.2 Å². The summed E-state index contributed by atoms with van der Waals surface area (Å²) in [5.41, 5.74) is -2.32. The third-order valence-electron chi connectivity index (χ3n) is 6.27. The zero-order valence-electron chi connectivity index (χ0n) is 20.5. The minimum absolute atomic E-state index is 0.0901. The number of urea groups is 1. The van der Waals surface area contributed by atoms with Crippen LogP contribution in [-0.4, -0.2) is 53.4 Å². The lowest BCUT2D eigenvalue weighted by Crippen LogP contribution is -2.53. The van der Waals surface area contributed by atoms with E-state index in [4.69, 9.17) is 11.6 Å².